The zero-order valence-electron chi connectivity index (χ0n) is 33.6. The first kappa shape index (κ1) is 39.4. The number of amides is 1. The number of allylic oxidation sites excluding steroid dienone is 1. The normalized spacial score (nSPS) is 30.4. The van der Waals surface area contributed by atoms with Gasteiger partial charge in [0.05, 0.1) is 5.52 Å². The summed E-state index contributed by atoms with van der Waals surface area (Å²) < 4.78 is 6.42. The summed E-state index contributed by atoms with van der Waals surface area (Å²) in [5, 5.41) is 5.27. The van der Waals surface area contributed by atoms with Gasteiger partial charge >= 0.3 is 6.09 Å². The minimum absolute atomic E-state index is 0.0439. The third-order valence-electron chi connectivity index (χ3n) is 14.8. The van der Waals surface area contributed by atoms with Gasteiger partial charge in [-0.25, -0.2) is 4.79 Å². The quantitative estimate of drug-likeness (QED) is 0.185. The summed E-state index contributed by atoms with van der Waals surface area (Å²) in [7, 11) is 0. The topological polar surface area (TPSA) is 57.7 Å². The summed E-state index contributed by atoms with van der Waals surface area (Å²) in [6.45, 7) is 21.6. The number of hydrogen-bond acceptors (Lipinski definition) is 5. The predicted octanol–water partition coefficient (Wildman–Crippen LogP) is 11.5. The van der Waals surface area contributed by atoms with E-state index in [-0.39, 0.29) is 17.6 Å². The van der Waals surface area contributed by atoms with Crippen molar-refractivity contribution in [3.63, 3.8) is 0 Å². The van der Waals surface area contributed by atoms with Crippen LogP contribution in [0.2, 0.25) is 5.02 Å². The summed E-state index contributed by atoms with van der Waals surface area (Å²) in [4.78, 5) is 22.7. The molecular formula is C45H69ClN4O2. The average Bonchev–Trinajstić information content (AvgIpc) is 3.48. The van der Waals surface area contributed by atoms with Crippen LogP contribution in [0.25, 0.3) is 10.9 Å². The molecule has 1 aromatic carbocycles. The lowest BCUT2D eigenvalue weighted by Crippen LogP contribution is -2.51. The third kappa shape index (κ3) is 8.33. The molecule has 0 radical (unpaired) electrons. The highest BCUT2D eigenvalue weighted by Gasteiger charge is 2.59. The van der Waals surface area contributed by atoms with Gasteiger partial charge in [0.15, 0.2) is 0 Å². The van der Waals surface area contributed by atoms with Gasteiger partial charge in [-0.05, 0) is 129 Å². The van der Waals surface area contributed by atoms with E-state index in [9.17, 15) is 4.79 Å². The molecule has 1 N–H and O–H groups in total. The summed E-state index contributed by atoms with van der Waals surface area (Å²) in [6.07, 6.45) is 18.2. The monoisotopic (exact) mass is 733 g/mol. The molecule has 3 saturated carbocycles. The molecule has 4 aliphatic rings. The van der Waals surface area contributed by atoms with Crippen LogP contribution in [-0.2, 0) is 4.74 Å². The Labute approximate surface area is 320 Å². The lowest BCUT2D eigenvalue weighted by molar-refractivity contribution is -0.0593. The van der Waals surface area contributed by atoms with Crippen molar-refractivity contribution in [3.8, 4) is 0 Å². The molecule has 288 valence electrons. The van der Waals surface area contributed by atoms with Gasteiger partial charge in [0, 0.05) is 54.9 Å². The first-order valence-electron chi connectivity index (χ1n) is 21.1. The van der Waals surface area contributed by atoms with E-state index < -0.39 is 0 Å². The standard InChI is InChI=1S/C45H69ClN4O2/c1-8-49(9-2)27-28-50(26-25-48-41-21-24-47-42-30-34(46)14-16-37(41)42)43(51)52-35-19-22-44(6)33(29-35)13-15-36-39-18-17-38(32(5)12-10-11-31(3)4)45(39,7)23-20-40(36)44/h13-14,16,21,24,30-32,35-36,38-40H,8-12,15,17-20,22-23,25-29H2,1-7H3,(H,47,48)/t32-,35?,36+,38-,39+,40+,44+,45-/m1/s1. The van der Waals surface area contributed by atoms with Crippen LogP contribution >= 0.6 is 11.6 Å². The van der Waals surface area contributed by atoms with Gasteiger partial charge in [-0.3, -0.25) is 4.98 Å². The van der Waals surface area contributed by atoms with Crippen LogP contribution in [0.15, 0.2) is 42.1 Å². The fourth-order valence-corrected chi connectivity index (χ4v) is 11.8. The molecule has 6 nitrogen and oxygen atoms in total. The number of fused-ring (bicyclic) bond motifs is 6. The largest absolute Gasteiger partial charge is 0.446 e. The molecule has 1 aromatic heterocycles. The molecule has 8 atom stereocenters. The van der Waals surface area contributed by atoms with Crippen molar-refractivity contribution in [1.29, 1.82) is 0 Å². The molecule has 0 saturated heterocycles. The Morgan fingerprint density at radius 2 is 1.81 bits per heavy atom. The molecule has 52 heavy (non-hydrogen) atoms. The highest BCUT2D eigenvalue weighted by Crippen LogP contribution is 2.67. The maximum atomic E-state index is 13.9. The van der Waals surface area contributed by atoms with E-state index >= 15 is 0 Å². The van der Waals surface area contributed by atoms with E-state index in [0.717, 1.165) is 91.0 Å². The molecule has 0 aliphatic heterocycles. The maximum absolute atomic E-state index is 13.9. The van der Waals surface area contributed by atoms with Crippen LogP contribution in [0.4, 0.5) is 10.5 Å². The van der Waals surface area contributed by atoms with Crippen molar-refractivity contribution in [2.24, 2.45) is 46.3 Å². The van der Waals surface area contributed by atoms with Gasteiger partial charge in [0.1, 0.15) is 6.10 Å². The summed E-state index contributed by atoms with van der Waals surface area (Å²) >= 11 is 6.22. The van der Waals surface area contributed by atoms with Crippen LogP contribution in [0, 0.1) is 46.3 Å². The molecule has 1 unspecified atom stereocenters. The molecular weight excluding hydrogens is 664 g/mol. The second-order valence-electron chi connectivity index (χ2n) is 18.0. The second-order valence-corrected chi connectivity index (χ2v) is 18.4. The maximum Gasteiger partial charge on any atom is 0.410 e. The lowest BCUT2D eigenvalue weighted by atomic mass is 9.47. The molecule has 0 spiro atoms. The van der Waals surface area contributed by atoms with Crippen molar-refractivity contribution in [2.45, 2.75) is 125 Å². The summed E-state index contributed by atoms with van der Waals surface area (Å²) in [6, 6.07) is 7.78. The number of nitrogens with one attached hydrogen (secondary N) is 1. The number of likely N-dealkylation sites (N-methyl/N-ethyl adjacent to an activating group) is 1. The number of halogens is 1. The number of hydrogen-bond donors (Lipinski definition) is 1. The fourth-order valence-electron chi connectivity index (χ4n) is 11.7. The molecule has 2 aromatic rings. The van der Waals surface area contributed by atoms with E-state index in [1.165, 1.54) is 51.4 Å². The number of ether oxygens (including phenoxy) is 1. The van der Waals surface area contributed by atoms with Crippen molar-refractivity contribution in [1.82, 2.24) is 14.8 Å². The minimum atomic E-state index is -0.170. The van der Waals surface area contributed by atoms with E-state index in [4.69, 9.17) is 16.3 Å². The SMILES string of the molecule is CCN(CC)CCN(CCNc1ccnc2cc(Cl)ccc12)C(=O)OC1CC[C@@]2(C)C(=CC[C@H]3[C@@H]4CC[C@H]([C@H](C)CCCC(C)C)[C@@]4(C)CC[C@@H]32)C1. The number of aromatic nitrogens is 1. The van der Waals surface area contributed by atoms with Gasteiger partial charge in [-0.2, -0.15) is 0 Å². The molecule has 6 rings (SSSR count). The Morgan fingerprint density at radius 1 is 1.00 bits per heavy atom. The number of nitrogens with zero attached hydrogens (tertiary/aromatic N) is 3. The highest BCUT2D eigenvalue weighted by molar-refractivity contribution is 6.31. The lowest BCUT2D eigenvalue weighted by Gasteiger charge is -2.58. The summed E-state index contributed by atoms with van der Waals surface area (Å²) in [5.74, 6) is 5.01. The number of rotatable bonds is 15. The number of benzene rings is 1. The highest BCUT2D eigenvalue weighted by atomic mass is 35.5. The number of pyridine rings is 1. The van der Waals surface area contributed by atoms with Crippen LogP contribution in [0.3, 0.4) is 0 Å². The van der Waals surface area contributed by atoms with Crippen LogP contribution in [0.5, 0.6) is 0 Å². The first-order valence-corrected chi connectivity index (χ1v) is 21.5. The molecule has 1 heterocycles. The second kappa shape index (κ2) is 17.0. The first-order chi connectivity index (χ1) is 25.0. The van der Waals surface area contributed by atoms with Crippen molar-refractivity contribution < 1.29 is 9.53 Å². The van der Waals surface area contributed by atoms with E-state index in [2.05, 4.69) is 69.7 Å². The van der Waals surface area contributed by atoms with Crippen molar-refractivity contribution in [3.05, 3.63) is 47.1 Å². The molecule has 0 bridgehead atoms. The van der Waals surface area contributed by atoms with Gasteiger partial charge < -0.3 is 19.9 Å². The average molecular weight is 734 g/mol. The minimum Gasteiger partial charge on any atom is -0.446 e. The van der Waals surface area contributed by atoms with Gasteiger partial charge in [0.2, 0.25) is 0 Å². The van der Waals surface area contributed by atoms with Crippen LogP contribution in [-0.4, -0.2) is 66.2 Å². The van der Waals surface area contributed by atoms with E-state index in [1.54, 1.807) is 11.8 Å². The molecule has 4 aliphatic carbocycles. The zero-order chi connectivity index (χ0) is 37.0. The zero-order valence-corrected chi connectivity index (χ0v) is 34.3. The van der Waals surface area contributed by atoms with E-state index in [0.29, 0.717) is 30.1 Å². The Hall–Kier alpha value is -2.31. The molecule has 7 heteroatoms. The molecule has 1 amide bonds. The summed E-state index contributed by atoms with van der Waals surface area (Å²) in [5.41, 5.74) is 4.20. The Kier molecular flexibility index (Phi) is 12.9. The molecule has 3 fully saturated rings. The number of carbonyl (C=O) groups excluding carboxylic acids is 1. The van der Waals surface area contributed by atoms with Crippen molar-refractivity contribution in [2.75, 3.05) is 44.6 Å². The Balaban J connectivity index is 1.08. The van der Waals surface area contributed by atoms with Crippen LogP contribution in [0.1, 0.15) is 119 Å². The predicted molar refractivity (Wildman–Crippen MR) is 218 cm³/mol. The van der Waals surface area contributed by atoms with Crippen molar-refractivity contribution >= 4 is 34.3 Å². The van der Waals surface area contributed by atoms with Gasteiger partial charge in [-0.15, -0.1) is 0 Å². The van der Waals surface area contributed by atoms with Gasteiger partial charge in [0.25, 0.3) is 0 Å². The fraction of sp³-hybridized carbons (Fsp3) is 0.733. The number of carbonyl (C=O) groups is 1. The third-order valence-corrected chi connectivity index (χ3v) is 15.0. The number of anilines is 1. The van der Waals surface area contributed by atoms with E-state index in [1.807, 2.05) is 29.2 Å². The van der Waals surface area contributed by atoms with Gasteiger partial charge in [-0.1, -0.05) is 91.0 Å². The Bertz CT molecular complexity index is 1540. The Morgan fingerprint density at radius 3 is 2.58 bits per heavy atom. The van der Waals surface area contributed by atoms with Crippen LogP contribution < -0.4 is 5.32 Å². The smallest absolute Gasteiger partial charge is 0.410 e.